The molecule has 1 aromatic carbocycles. The highest BCUT2D eigenvalue weighted by molar-refractivity contribution is 5.99. The lowest BCUT2D eigenvalue weighted by Gasteiger charge is -2.26. The average molecular weight is 368 g/mol. The van der Waals surface area contributed by atoms with Crippen LogP contribution in [0.25, 0.3) is 0 Å². The Bertz CT molecular complexity index is 761. The molecular formula is C20H24N4O3. The summed E-state index contributed by atoms with van der Waals surface area (Å²) in [5.74, 6) is -0.484. The number of amides is 2. The van der Waals surface area contributed by atoms with Crippen LogP contribution in [-0.2, 0) is 11.3 Å². The van der Waals surface area contributed by atoms with Gasteiger partial charge < -0.3 is 15.4 Å². The molecule has 0 bridgehead atoms. The van der Waals surface area contributed by atoms with Gasteiger partial charge in [0.1, 0.15) is 0 Å². The molecule has 0 aliphatic carbocycles. The van der Waals surface area contributed by atoms with E-state index < -0.39 is 0 Å². The van der Waals surface area contributed by atoms with Crippen molar-refractivity contribution in [3.63, 3.8) is 0 Å². The molecule has 0 spiro atoms. The number of carbonyl (C=O) groups is 2. The highest BCUT2D eigenvalue weighted by Crippen LogP contribution is 2.05. The Hall–Kier alpha value is -2.77. The number of pyridine rings is 1. The smallest absolute Gasteiger partial charge is 0.253 e. The Morgan fingerprint density at radius 1 is 1.00 bits per heavy atom. The summed E-state index contributed by atoms with van der Waals surface area (Å²) in [6, 6.07) is 11.2. The van der Waals surface area contributed by atoms with Crippen molar-refractivity contribution in [1.29, 1.82) is 0 Å². The third-order valence-corrected chi connectivity index (χ3v) is 4.38. The zero-order chi connectivity index (χ0) is 18.9. The molecule has 2 heterocycles. The van der Waals surface area contributed by atoms with Gasteiger partial charge in [0.15, 0.2) is 0 Å². The lowest BCUT2D eigenvalue weighted by molar-refractivity contribution is 0.0383. The topological polar surface area (TPSA) is 83.6 Å². The van der Waals surface area contributed by atoms with Crippen LogP contribution < -0.4 is 10.6 Å². The molecule has 1 saturated heterocycles. The fourth-order valence-corrected chi connectivity index (χ4v) is 2.82. The summed E-state index contributed by atoms with van der Waals surface area (Å²) < 4.78 is 5.30. The van der Waals surface area contributed by atoms with Crippen molar-refractivity contribution in [2.24, 2.45) is 0 Å². The van der Waals surface area contributed by atoms with Crippen LogP contribution in [0.2, 0.25) is 0 Å². The molecule has 1 aromatic heterocycles. The van der Waals surface area contributed by atoms with E-state index in [4.69, 9.17) is 4.74 Å². The van der Waals surface area contributed by atoms with Crippen molar-refractivity contribution in [3.8, 4) is 0 Å². The molecule has 0 atom stereocenters. The maximum absolute atomic E-state index is 12.3. The van der Waals surface area contributed by atoms with Crippen LogP contribution in [0.4, 0.5) is 0 Å². The Morgan fingerprint density at radius 2 is 1.67 bits per heavy atom. The van der Waals surface area contributed by atoms with Gasteiger partial charge in [-0.15, -0.1) is 0 Å². The first-order valence-electron chi connectivity index (χ1n) is 9.08. The standard InChI is InChI=1S/C20H24N4O3/c25-19(22-6-7-24-8-10-27-11-9-24)17-12-18(15-21-14-17)20(26)23-13-16-4-2-1-3-5-16/h1-5,12,14-15H,6-11,13H2,(H,22,25)(H,23,26). The van der Waals surface area contributed by atoms with Crippen LogP contribution in [0.3, 0.4) is 0 Å². The number of hydrogen-bond donors (Lipinski definition) is 2. The Kier molecular flexibility index (Phi) is 6.90. The molecule has 142 valence electrons. The minimum absolute atomic E-state index is 0.228. The van der Waals surface area contributed by atoms with Gasteiger partial charge in [0, 0.05) is 45.1 Å². The number of benzene rings is 1. The second kappa shape index (κ2) is 9.80. The van der Waals surface area contributed by atoms with Gasteiger partial charge >= 0.3 is 0 Å². The van der Waals surface area contributed by atoms with Gasteiger partial charge in [0.2, 0.25) is 0 Å². The van der Waals surface area contributed by atoms with E-state index in [0.717, 1.165) is 38.4 Å². The van der Waals surface area contributed by atoms with E-state index in [2.05, 4.69) is 20.5 Å². The SMILES string of the molecule is O=C(NCCN1CCOCC1)c1cncc(C(=O)NCc2ccccc2)c1. The van der Waals surface area contributed by atoms with Gasteiger partial charge in [-0.3, -0.25) is 19.5 Å². The summed E-state index contributed by atoms with van der Waals surface area (Å²) in [5.41, 5.74) is 1.76. The van der Waals surface area contributed by atoms with Gasteiger partial charge in [-0.05, 0) is 11.6 Å². The number of ether oxygens (including phenoxy) is 1. The van der Waals surface area contributed by atoms with Crippen LogP contribution in [0.1, 0.15) is 26.3 Å². The summed E-state index contributed by atoms with van der Waals surface area (Å²) in [7, 11) is 0. The number of morpholine rings is 1. The minimum atomic E-state index is -0.255. The first-order chi connectivity index (χ1) is 13.2. The van der Waals surface area contributed by atoms with Gasteiger partial charge in [-0.1, -0.05) is 30.3 Å². The number of hydrogen-bond acceptors (Lipinski definition) is 5. The molecule has 0 radical (unpaired) electrons. The third kappa shape index (κ3) is 5.87. The van der Waals surface area contributed by atoms with Crippen molar-refractivity contribution >= 4 is 11.8 Å². The molecule has 2 aromatic rings. The monoisotopic (exact) mass is 368 g/mol. The van der Waals surface area contributed by atoms with Gasteiger partial charge in [0.05, 0.1) is 24.3 Å². The van der Waals surface area contributed by atoms with Crippen molar-refractivity contribution < 1.29 is 14.3 Å². The minimum Gasteiger partial charge on any atom is -0.379 e. The van der Waals surface area contributed by atoms with Crippen LogP contribution in [0, 0.1) is 0 Å². The fraction of sp³-hybridized carbons (Fsp3) is 0.350. The van der Waals surface area contributed by atoms with Gasteiger partial charge in [-0.2, -0.15) is 0 Å². The molecule has 7 nitrogen and oxygen atoms in total. The van der Waals surface area contributed by atoms with Gasteiger partial charge in [-0.25, -0.2) is 0 Å². The van der Waals surface area contributed by atoms with E-state index in [-0.39, 0.29) is 11.8 Å². The maximum atomic E-state index is 12.3. The van der Waals surface area contributed by atoms with E-state index in [1.807, 2.05) is 30.3 Å². The lowest BCUT2D eigenvalue weighted by Crippen LogP contribution is -2.41. The van der Waals surface area contributed by atoms with E-state index in [1.165, 1.54) is 12.4 Å². The number of rotatable bonds is 7. The number of nitrogens with zero attached hydrogens (tertiary/aromatic N) is 2. The van der Waals surface area contributed by atoms with Gasteiger partial charge in [0.25, 0.3) is 11.8 Å². The molecule has 2 N–H and O–H groups in total. The van der Waals surface area contributed by atoms with Crippen molar-refractivity contribution in [2.45, 2.75) is 6.54 Å². The summed E-state index contributed by atoms with van der Waals surface area (Å²) in [5, 5.41) is 5.72. The van der Waals surface area contributed by atoms with Crippen molar-refractivity contribution in [3.05, 3.63) is 65.5 Å². The van der Waals surface area contributed by atoms with Crippen LogP contribution in [0.5, 0.6) is 0 Å². The molecule has 1 aliphatic rings. The second-order valence-electron chi connectivity index (χ2n) is 6.34. The van der Waals surface area contributed by atoms with Crippen LogP contribution in [-0.4, -0.2) is 61.1 Å². The summed E-state index contributed by atoms with van der Waals surface area (Å²) in [6.07, 6.45) is 2.93. The number of carbonyl (C=O) groups excluding carboxylic acids is 2. The molecule has 2 amide bonds. The van der Waals surface area contributed by atoms with Crippen LogP contribution >= 0.6 is 0 Å². The summed E-state index contributed by atoms with van der Waals surface area (Å²) in [4.78, 5) is 30.9. The zero-order valence-electron chi connectivity index (χ0n) is 15.2. The summed E-state index contributed by atoms with van der Waals surface area (Å²) >= 11 is 0. The quantitative estimate of drug-likeness (QED) is 0.764. The Labute approximate surface area is 158 Å². The average Bonchev–Trinajstić information content (AvgIpc) is 2.73. The molecule has 27 heavy (non-hydrogen) atoms. The largest absolute Gasteiger partial charge is 0.379 e. The molecular weight excluding hydrogens is 344 g/mol. The van der Waals surface area contributed by atoms with E-state index in [0.29, 0.717) is 24.2 Å². The first-order valence-corrected chi connectivity index (χ1v) is 9.08. The number of nitrogens with one attached hydrogen (secondary N) is 2. The van der Waals surface area contributed by atoms with Crippen molar-refractivity contribution in [2.75, 3.05) is 39.4 Å². The Balaban J connectivity index is 1.49. The van der Waals surface area contributed by atoms with E-state index in [9.17, 15) is 9.59 Å². The molecule has 0 unspecified atom stereocenters. The highest BCUT2D eigenvalue weighted by Gasteiger charge is 2.13. The molecule has 0 saturated carbocycles. The predicted molar refractivity (Wildman–Crippen MR) is 101 cm³/mol. The van der Waals surface area contributed by atoms with Crippen LogP contribution in [0.15, 0.2) is 48.8 Å². The molecule has 3 rings (SSSR count). The van der Waals surface area contributed by atoms with E-state index in [1.54, 1.807) is 6.07 Å². The summed E-state index contributed by atoms with van der Waals surface area (Å²) in [6.45, 7) is 4.98. The fourth-order valence-electron chi connectivity index (χ4n) is 2.82. The number of aromatic nitrogens is 1. The van der Waals surface area contributed by atoms with E-state index >= 15 is 0 Å². The second-order valence-corrected chi connectivity index (χ2v) is 6.34. The predicted octanol–water partition coefficient (Wildman–Crippen LogP) is 1.07. The molecule has 1 fully saturated rings. The zero-order valence-corrected chi connectivity index (χ0v) is 15.2. The Morgan fingerprint density at radius 3 is 2.37 bits per heavy atom. The third-order valence-electron chi connectivity index (χ3n) is 4.38. The molecule has 7 heteroatoms. The maximum Gasteiger partial charge on any atom is 0.253 e. The first kappa shape index (κ1) is 19.0. The normalized spacial score (nSPS) is 14.5. The lowest BCUT2D eigenvalue weighted by atomic mass is 10.1. The molecule has 1 aliphatic heterocycles. The highest BCUT2D eigenvalue weighted by atomic mass is 16.5. The van der Waals surface area contributed by atoms with Crippen molar-refractivity contribution in [1.82, 2.24) is 20.5 Å².